The first-order valence-electron chi connectivity index (χ1n) is 5.60. The van der Waals surface area contributed by atoms with Crippen molar-refractivity contribution < 1.29 is 4.39 Å². The van der Waals surface area contributed by atoms with Gasteiger partial charge < -0.3 is 11.1 Å². The van der Waals surface area contributed by atoms with Crippen molar-refractivity contribution in [2.45, 2.75) is 6.92 Å². The van der Waals surface area contributed by atoms with Gasteiger partial charge in [0, 0.05) is 11.3 Å². The van der Waals surface area contributed by atoms with Gasteiger partial charge in [-0.25, -0.2) is 4.39 Å². The quantitative estimate of drug-likeness (QED) is 0.835. The molecule has 0 radical (unpaired) electrons. The maximum Gasteiger partial charge on any atom is 0.146 e. The summed E-state index contributed by atoms with van der Waals surface area (Å²) in [5, 5.41) is 3.41. The Morgan fingerprint density at radius 2 is 2.00 bits per heavy atom. The fraction of sp³-hybridized carbons (Fsp3) is 0.0714. The van der Waals surface area contributed by atoms with E-state index in [9.17, 15) is 4.39 Å². The highest BCUT2D eigenvalue weighted by molar-refractivity contribution is 7.80. The number of nitrogens with two attached hydrogens (primary N) is 1. The summed E-state index contributed by atoms with van der Waals surface area (Å²) < 4.78 is 13.6. The lowest BCUT2D eigenvalue weighted by Gasteiger charge is -2.10. The molecule has 2 aromatic rings. The molecule has 0 aliphatic carbocycles. The molecule has 0 bridgehead atoms. The first-order valence-corrected chi connectivity index (χ1v) is 6.38. The van der Waals surface area contributed by atoms with E-state index in [0.29, 0.717) is 22.0 Å². The minimum Gasteiger partial charge on any atom is -0.389 e. The summed E-state index contributed by atoms with van der Waals surface area (Å²) in [5.74, 6) is -0.319. The summed E-state index contributed by atoms with van der Waals surface area (Å²) in [6, 6.07) is 9.98. The lowest BCUT2D eigenvalue weighted by molar-refractivity contribution is 0.631. The number of hydrogen-bond acceptors (Lipinski definition) is 2. The number of anilines is 2. The number of halogens is 2. The molecule has 2 aromatic carbocycles. The van der Waals surface area contributed by atoms with Crippen LogP contribution in [0.1, 0.15) is 11.1 Å². The maximum absolute atomic E-state index is 13.6. The second-order valence-corrected chi connectivity index (χ2v) is 5.01. The van der Waals surface area contributed by atoms with Crippen molar-refractivity contribution in [3.05, 3.63) is 58.4 Å². The number of thiocarbonyl (C=S) groups is 1. The Hall–Kier alpha value is -1.65. The number of benzene rings is 2. The minimum absolute atomic E-state index is 0.235. The standard InChI is InChI=1S/C14H12ClFN2S/c1-8-2-5-12(16)13(6-8)18-9-3-4-10(14(17)19)11(15)7-9/h2-7,18H,1H3,(H2,17,19). The van der Waals surface area contributed by atoms with Crippen LogP contribution in [0.25, 0.3) is 0 Å². The van der Waals surface area contributed by atoms with E-state index in [1.807, 2.05) is 6.92 Å². The van der Waals surface area contributed by atoms with Gasteiger partial charge in [0.05, 0.1) is 10.7 Å². The largest absolute Gasteiger partial charge is 0.389 e. The molecule has 0 spiro atoms. The molecule has 2 nitrogen and oxygen atoms in total. The Morgan fingerprint density at radius 1 is 1.26 bits per heavy atom. The monoisotopic (exact) mass is 294 g/mol. The van der Waals surface area contributed by atoms with Crippen LogP contribution < -0.4 is 11.1 Å². The van der Waals surface area contributed by atoms with Gasteiger partial charge in [0.1, 0.15) is 10.8 Å². The average Bonchev–Trinajstić information content (AvgIpc) is 2.33. The van der Waals surface area contributed by atoms with Crippen LogP contribution in [0, 0.1) is 12.7 Å². The predicted molar refractivity (Wildman–Crippen MR) is 81.8 cm³/mol. The van der Waals surface area contributed by atoms with Gasteiger partial charge in [0.2, 0.25) is 0 Å². The van der Waals surface area contributed by atoms with E-state index in [4.69, 9.17) is 29.6 Å². The van der Waals surface area contributed by atoms with Gasteiger partial charge >= 0.3 is 0 Å². The molecule has 0 aliphatic heterocycles. The van der Waals surface area contributed by atoms with Gasteiger partial charge in [-0.05, 0) is 42.8 Å². The molecule has 0 heterocycles. The SMILES string of the molecule is Cc1ccc(F)c(Nc2ccc(C(N)=S)c(Cl)c2)c1. The van der Waals surface area contributed by atoms with Crippen LogP contribution in [0.2, 0.25) is 5.02 Å². The fourth-order valence-electron chi connectivity index (χ4n) is 1.68. The summed E-state index contributed by atoms with van der Waals surface area (Å²) in [6.07, 6.45) is 0. The molecule has 0 unspecified atom stereocenters. The molecule has 0 saturated carbocycles. The van der Waals surface area contributed by atoms with Crippen LogP contribution in [-0.4, -0.2) is 4.99 Å². The van der Waals surface area contributed by atoms with Crippen LogP contribution in [-0.2, 0) is 0 Å². The zero-order valence-electron chi connectivity index (χ0n) is 10.2. The van der Waals surface area contributed by atoms with Crippen LogP contribution >= 0.6 is 23.8 Å². The van der Waals surface area contributed by atoms with E-state index in [2.05, 4.69) is 5.32 Å². The Balaban J connectivity index is 2.31. The van der Waals surface area contributed by atoms with Crippen LogP contribution in [0.3, 0.4) is 0 Å². The van der Waals surface area contributed by atoms with Crippen molar-refractivity contribution in [1.29, 1.82) is 0 Å². The van der Waals surface area contributed by atoms with E-state index < -0.39 is 0 Å². The topological polar surface area (TPSA) is 38.0 Å². The molecule has 5 heteroatoms. The normalized spacial score (nSPS) is 10.3. The van der Waals surface area contributed by atoms with Crippen LogP contribution in [0.5, 0.6) is 0 Å². The summed E-state index contributed by atoms with van der Waals surface area (Å²) in [5.41, 5.74) is 8.18. The van der Waals surface area contributed by atoms with Gasteiger partial charge in [0.25, 0.3) is 0 Å². The Morgan fingerprint density at radius 3 is 2.63 bits per heavy atom. The molecule has 0 aromatic heterocycles. The second kappa shape index (κ2) is 5.55. The Kier molecular flexibility index (Phi) is 4.02. The fourth-order valence-corrected chi connectivity index (χ4v) is 2.20. The van der Waals surface area contributed by atoms with E-state index >= 15 is 0 Å². The van der Waals surface area contributed by atoms with E-state index in [1.165, 1.54) is 6.07 Å². The number of nitrogens with one attached hydrogen (secondary N) is 1. The van der Waals surface area contributed by atoms with Crippen molar-refractivity contribution in [2.75, 3.05) is 5.32 Å². The number of hydrogen-bond donors (Lipinski definition) is 2. The van der Waals surface area contributed by atoms with Crippen molar-refractivity contribution in [1.82, 2.24) is 0 Å². The highest BCUT2D eigenvalue weighted by atomic mass is 35.5. The van der Waals surface area contributed by atoms with Gasteiger partial charge in [-0.1, -0.05) is 29.9 Å². The molecule has 0 saturated heterocycles. The van der Waals surface area contributed by atoms with E-state index in [0.717, 1.165) is 5.56 Å². The zero-order chi connectivity index (χ0) is 14.0. The summed E-state index contributed by atoms with van der Waals surface area (Å²) in [7, 11) is 0. The van der Waals surface area contributed by atoms with Gasteiger partial charge in [-0.15, -0.1) is 0 Å². The Bertz CT molecular complexity index is 643. The molecule has 0 amide bonds. The van der Waals surface area contributed by atoms with E-state index in [1.54, 1.807) is 30.3 Å². The molecular weight excluding hydrogens is 283 g/mol. The second-order valence-electron chi connectivity index (χ2n) is 4.17. The van der Waals surface area contributed by atoms with Crippen molar-refractivity contribution in [3.8, 4) is 0 Å². The van der Waals surface area contributed by atoms with E-state index in [-0.39, 0.29) is 10.8 Å². The van der Waals surface area contributed by atoms with Gasteiger partial charge in [-0.2, -0.15) is 0 Å². The smallest absolute Gasteiger partial charge is 0.146 e. The molecule has 3 N–H and O–H groups in total. The highest BCUT2D eigenvalue weighted by Gasteiger charge is 2.06. The highest BCUT2D eigenvalue weighted by Crippen LogP contribution is 2.25. The third-order valence-corrected chi connectivity index (χ3v) is 3.17. The number of rotatable bonds is 3. The van der Waals surface area contributed by atoms with Crippen LogP contribution in [0.15, 0.2) is 36.4 Å². The summed E-state index contributed by atoms with van der Waals surface area (Å²) in [6.45, 7) is 1.90. The van der Waals surface area contributed by atoms with Crippen molar-refractivity contribution >= 4 is 40.2 Å². The molecule has 0 atom stereocenters. The maximum atomic E-state index is 13.6. The van der Waals surface area contributed by atoms with Crippen molar-refractivity contribution in [3.63, 3.8) is 0 Å². The lowest BCUT2D eigenvalue weighted by Crippen LogP contribution is -2.10. The first-order chi connectivity index (χ1) is 8.97. The minimum atomic E-state index is -0.319. The van der Waals surface area contributed by atoms with Crippen LogP contribution in [0.4, 0.5) is 15.8 Å². The third-order valence-electron chi connectivity index (χ3n) is 2.64. The summed E-state index contributed by atoms with van der Waals surface area (Å²) in [4.78, 5) is 0.235. The van der Waals surface area contributed by atoms with Crippen molar-refractivity contribution in [2.24, 2.45) is 5.73 Å². The third kappa shape index (κ3) is 3.22. The first kappa shape index (κ1) is 13.8. The molecule has 0 aliphatic rings. The van der Waals surface area contributed by atoms with Gasteiger partial charge in [-0.3, -0.25) is 0 Å². The molecular formula is C14H12ClFN2S. The van der Waals surface area contributed by atoms with Gasteiger partial charge in [0.15, 0.2) is 0 Å². The zero-order valence-corrected chi connectivity index (χ0v) is 11.8. The molecule has 19 heavy (non-hydrogen) atoms. The molecule has 0 fully saturated rings. The predicted octanol–water partition coefficient (Wildman–Crippen LogP) is 4.17. The Labute approximate surface area is 121 Å². The molecule has 2 rings (SSSR count). The number of aryl methyl sites for hydroxylation is 1. The summed E-state index contributed by atoms with van der Waals surface area (Å²) >= 11 is 10.9. The molecule has 98 valence electrons. The average molecular weight is 295 g/mol. The lowest BCUT2D eigenvalue weighted by atomic mass is 10.1.